The monoisotopic (exact) mass is 1110 g/mol. The zero-order chi connectivity index (χ0) is 58.5. The van der Waals surface area contributed by atoms with Gasteiger partial charge in [0.15, 0.2) is 6.10 Å². The van der Waals surface area contributed by atoms with Gasteiger partial charge in [-0.2, -0.15) is 0 Å². The lowest BCUT2D eigenvalue weighted by Gasteiger charge is -2.18. The third-order valence-electron chi connectivity index (χ3n) is 13.2. The molecule has 6 nitrogen and oxygen atoms in total. The fourth-order valence-corrected chi connectivity index (χ4v) is 8.43. The Morgan fingerprint density at radius 1 is 0.247 bits per heavy atom. The van der Waals surface area contributed by atoms with Crippen molar-refractivity contribution in [2.75, 3.05) is 13.2 Å². The summed E-state index contributed by atoms with van der Waals surface area (Å²) in [5, 5.41) is 0. The van der Waals surface area contributed by atoms with E-state index >= 15 is 0 Å². The average molecular weight is 1120 g/mol. The summed E-state index contributed by atoms with van der Waals surface area (Å²) in [6.45, 7) is 6.27. The molecule has 0 aliphatic carbocycles. The molecule has 1 atom stereocenters. The lowest BCUT2D eigenvalue weighted by atomic mass is 10.1. The van der Waals surface area contributed by atoms with Crippen molar-refractivity contribution < 1.29 is 28.6 Å². The van der Waals surface area contributed by atoms with Crippen molar-refractivity contribution in [3.63, 3.8) is 0 Å². The minimum absolute atomic E-state index is 0.103. The van der Waals surface area contributed by atoms with Crippen LogP contribution >= 0.6 is 0 Å². The van der Waals surface area contributed by atoms with Crippen LogP contribution in [-0.4, -0.2) is 37.2 Å². The summed E-state index contributed by atoms with van der Waals surface area (Å²) >= 11 is 0. The van der Waals surface area contributed by atoms with Crippen LogP contribution in [0.25, 0.3) is 0 Å². The third kappa shape index (κ3) is 65.5. The maximum Gasteiger partial charge on any atom is 0.306 e. The van der Waals surface area contributed by atoms with Crippen LogP contribution in [0.1, 0.15) is 265 Å². The molecule has 0 heterocycles. The van der Waals surface area contributed by atoms with Crippen LogP contribution in [0.15, 0.2) is 170 Å². The normalized spacial score (nSPS) is 13.3. The number of hydrogen-bond donors (Lipinski definition) is 0. The molecule has 0 aromatic rings. The van der Waals surface area contributed by atoms with Gasteiger partial charge >= 0.3 is 17.9 Å². The van der Waals surface area contributed by atoms with Gasteiger partial charge in [0.25, 0.3) is 0 Å². The van der Waals surface area contributed by atoms with Gasteiger partial charge in [-0.3, -0.25) is 14.4 Å². The molecule has 1 unspecified atom stereocenters. The number of carbonyl (C=O) groups is 3. The number of carbonyl (C=O) groups excluding carboxylic acids is 3. The summed E-state index contributed by atoms with van der Waals surface area (Å²) in [6.07, 6.45) is 99.2. The van der Waals surface area contributed by atoms with Crippen LogP contribution in [0.2, 0.25) is 0 Å². The van der Waals surface area contributed by atoms with Crippen LogP contribution < -0.4 is 0 Å². The lowest BCUT2D eigenvalue weighted by Crippen LogP contribution is -2.30. The zero-order valence-electron chi connectivity index (χ0n) is 52.0. The van der Waals surface area contributed by atoms with E-state index in [1.807, 2.05) is 0 Å². The number of esters is 3. The molecule has 0 aliphatic rings. The molecule has 6 heteroatoms. The van der Waals surface area contributed by atoms with E-state index in [0.717, 1.165) is 186 Å². The molecule has 0 fully saturated rings. The van der Waals surface area contributed by atoms with E-state index in [-0.39, 0.29) is 31.1 Å². The molecule has 0 aliphatic heterocycles. The highest BCUT2D eigenvalue weighted by Gasteiger charge is 2.19. The van der Waals surface area contributed by atoms with Gasteiger partial charge in [-0.25, -0.2) is 0 Å². The highest BCUT2D eigenvalue weighted by Crippen LogP contribution is 2.14. The van der Waals surface area contributed by atoms with E-state index in [9.17, 15) is 14.4 Å². The molecule has 0 N–H and O–H groups in total. The number of rotatable bonds is 57. The standard InChI is InChI=1S/C75H118O6/c1-4-7-10-13-16-19-22-25-28-31-33-34-35-36-37-38-39-40-42-44-47-50-53-56-59-62-65-68-74(77)80-71-72(70-79-73(76)67-64-61-58-55-52-49-46-43-30-27-24-21-18-15-12-9-6-3)81-75(78)69-66-63-60-57-54-51-48-45-41-32-29-26-23-20-17-14-11-8-5-2/h7-12,16-21,25-30,33-34,36-37,39-41,44-45,47,72H,4-6,13-15,22-24,31-32,35,38,42-43,46,48-71H2,1-3H3/b10-7-,11-8-,12-9-,19-16-,20-17-,21-18-,28-25-,29-26-,30-27-,34-33-,37-36-,40-39-,45-41-,47-44-. The molecule has 454 valence electrons. The number of allylic oxidation sites excluding steroid dienone is 28. The van der Waals surface area contributed by atoms with Gasteiger partial charge in [-0.05, 0) is 148 Å². The fraction of sp³-hybridized carbons (Fsp3) is 0.587. The van der Waals surface area contributed by atoms with Gasteiger partial charge in [0.05, 0.1) is 0 Å². The van der Waals surface area contributed by atoms with Crippen molar-refractivity contribution in [2.45, 2.75) is 271 Å². The van der Waals surface area contributed by atoms with E-state index in [4.69, 9.17) is 14.2 Å². The second-order valence-corrected chi connectivity index (χ2v) is 20.9. The van der Waals surface area contributed by atoms with E-state index in [2.05, 4.69) is 191 Å². The first-order valence-corrected chi connectivity index (χ1v) is 32.6. The second kappa shape index (κ2) is 67.3. The molecule has 0 radical (unpaired) electrons. The zero-order valence-corrected chi connectivity index (χ0v) is 52.0. The van der Waals surface area contributed by atoms with Gasteiger partial charge in [-0.1, -0.05) is 268 Å². The van der Waals surface area contributed by atoms with Crippen molar-refractivity contribution in [3.8, 4) is 0 Å². The van der Waals surface area contributed by atoms with Gasteiger partial charge in [0.2, 0.25) is 0 Å². The van der Waals surface area contributed by atoms with E-state index < -0.39 is 6.10 Å². The fourth-order valence-electron chi connectivity index (χ4n) is 8.43. The summed E-state index contributed by atoms with van der Waals surface area (Å²) in [5.41, 5.74) is 0. The maximum absolute atomic E-state index is 12.9. The highest BCUT2D eigenvalue weighted by molar-refractivity contribution is 5.71. The minimum Gasteiger partial charge on any atom is -0.462 e. The molecule has 0 saturated carbocycles. The quantitative estimate of drug-likeness (QED) is 0.0261. The second-order valence-electron chi connectivity index (χ2n) is 20.9. The van der Waals surface area contributed by atoms with Gasteiger partial charge in [0, 0.05) is 19.3 Å². The Balaban J connectivity index is 4.48. The number of unbranched alkanes of at least 4 members (excludes halogenated alkanes) is 18. The van der Waals surface area contributed by atoms with Gasteiger partial charge < -0.3 is 14.2 Å². The minimum atomic E-state index is -0.810. The smallest absolute Gasteiger partial charge is 0.306 e. The van der Waals surface area contributed by atoms with E-state index in [0.29, 0.717) is 19.3 Å². The molecule has 81 heavy (non-hydrogen) atoms. The first-order valence-electron chi connectivity index (χ1n) is 32.6. The predicted octanol–water partition coefficient (Wildman–Crippen LogP) is 22.7. The Labute approximate surface area is 498 Å². The molecule has 0 saturated heterocycles. The average Bonchev–Trinajstić information content (AvgIpc) is 3.47. The molecule has 0 rings (SSSR count). The van der Waals surface area contributed by atoms with Gasteiger partial charge in [0.1, 0.15) is 13.2 Å². The molecule has 0 amide bonds. The maximum atomic E-state index is 12.9. The van der Waals surface area contributed by atoms with Crippen molar-refractivity contribution in [1.82, 2.24) is 0 Å². The van der Waals surface area contributed by atoms with Crippen LogP contribution in [0.4, 0.5) is 0 Å². The summed E-state index contributed by atoms with van der Waals surface area (Å²) in [6, 6.07) is 0. The van der Waals surface area contributed by atoms with Crippen LogP contribution in [0, 0.1) is 0 Å². The molecular formula is C75H118O6. The summed E-state index contributed by atoms with van der Waals surface area (Å²) in [5.74, 6) is -0.949. The first kappa shape index (κ1) is 75.8. The largest absolute Gasteiger partial charge is 0.462 e. The Bertz CT molecular complexity index is 1860. The van der Waals surface area contributed by atoms with Crippen molar-refractivity contribution in [1.29, 1.82) is 0 Å². The van der Waals surface area contributed by atoms with Crippen LogP contribution in [0.3, 0.4) is 0 Å². The Morgan fingerprint density at radius 2 is 0.444 bits per heavy atom. The van der Waals surface area contributed by atoms with E-state index in [1.54, 1.807) is 0 Å². The summed E-state index contributed by atoms with van der Waals surface area (Å²) in [7, 11) is 0. The number of ether oxygens (including phenoxy) is 3. The topological polar surface area (TPSA) is 78.9 Å². The Morgan fingerprint density at radius 3 is 0.691 bits per heavy atom. The van der Waals surface area contributed by atoms with Crippen molar-refractivity contribution >= 4 is 17.9 Å². The number of hydrogen-bond acceptors (Lipinski definition) is 6. The molecular weight excluding hydrogens is 997 g/mol. The van der Waals surface area contributed by atoms with E-state index in [1.165, 1.54) is 38.5 Å². The SMILES string of the molecule is CC/C=C\C/C=C\C/C=C\C/C=C\C/C=C\C/C=C\C/C=C\CCCCCCCC(=O)OCC(COC(=O)CCCCCCCCC/C=C\C/C=C\C/C=C\CC)OC(=O)CCCCCCCC/C=C\C/C=C\C/C=C\C/C=C\CC. The van der Waals surface area contributed by atoms with Crippen molar-refractivity contribution in [3.05, 3.63) is 170 Å². The summed E-state index contributed by atoms with van der Waals surface area (Å²) in [4.78, 5) is 38.4. The third-order valence-corrected chi connectivity index (χ3v) is 13.2. The predicted molar refractivity (Wildman–Crippen MR) is 352 cm³/mol. The van der Waals surface area contributed by atoms with Crippen molar-refractivity contribution in [2.24, 2.45) is 0 Å². The Kier molecular flexibility index (Phi) is 62.9. The molecule has 0 aromatic carbocycles. The molecule has 0 bridgehead atoms. The van der Waals surface area contributed by atoms with Crippen LogP contribution in [-0.2, 0) is 28.6 Å². The molecule has 0 spiro atoms. The Hall–Kier alpha value is -5.23. The summed E-state index contributed by atoms with van der Waals surface area (Å²) < 4.78 is 16.9. The van der Waals surface area contributed by atoms with Gasteiger partial charge in [-0.15, -0.1) is 0 Å². The first-order chi connectivity index (χ1) is 40.0. The van der Waals surface area contributed by atoms with Crippen LogP contribution in [0.5, 0.6) is 0 Å². The molecule has 0 aromatic heterocycles. The lowest BCUT2D eigenvalue weighted by molar-refractivity contribution is -0.167. The highest BCUT2D eigenvalue weighted by atomic mass is 16.6.